The van der Waals surface area contributed by atoms with E-state index in [1.807, 2.05) is 13.8 Å². The van der Waals surface area contributed by atoms with Gasteiger partial charge < -0.3 is 9.47 Å². The van der Waals surface area contributed by atoms with Crippen LogP contribution in [0.4, 0.5) is 8.78 Å². The molecule has 1 atom stereocenters. The molecule has 1 unspecified atom stereocenters. The van der Waals surface area contributed by atoms with Crippen molar-refractivity contribution in [3.63, 3.8) is 0 Å². The summed E-state index contributed by atoms with van der Waals surface area (Å²) in [6.45, 7) is 0.716. The molecule has 0 aromatic heterocycles. The summed E-state index contributed by atoms with van der Waals surface area (Å²) in [5.74, 6) is -0.0324. The number of benzene rings is 1. The zero-order chi connectivity index (χ0) is 13.7. The fourth-order valence-electron chi connectivity index (χ4n) is 1.23. The molecule has 0 bridgehead atoms. The minimum absolute atomic E-state index is 0.0446. The van der Waals surface area contributed by atoms with Crippen molar-refractivity contribution in [1.82, 2.24) is 0 Å². The van der Waals surface area contributed by atoms with Crippen molar-refractivity contribution in [3.8, 4) is 11.5 Å². The summed E-state index contributed by atoms with van der Waals surface area (Å²) in [6.07, 6.45) is 1.01. The molecule has 0 aliphatic carbocycles. The van der Waals surface area contributed by atoms with Crippen LogP contribution in [0.5, 0.6) is 11.5 Å². The second-order valence-electron chi connectivity index (χ2n) is 3.65. The van der Waals surface area contributed by atoms with Gasteiger partial charge >= 0.3 is 6.61 Å². The topological polar surface area (TPSA) is 35.5 Å². The van der Waals surface area contributed by atoms with E-state index in [0.717, 1.165) is 6.42 Å². The summed E-state index contributed by atoms with van der Waals surface area (Å²) in [6, 6.07) is 2.44. The maximum absolute atomic E-state index is 12.2. The van der Waals surface area contributed by atoms with Crippen molar-refractivity contribution >= 4 is 17.9 Å². The van der Waals surface area contributed by atoms with Crippen LogP contribution in [0.3, 0.4) is 0 Å². The van der Waals surface area contributed by atoms with E-state index in [1.165, 1.54) is 12.1 Å². The Bertz CT molecular complexity index is 424. The smallest absolute Gasteiger partial charge is 0.387 e. The van der Waals surface area contributed by atoms with Gasteiger partial charge in [-0.25, -0.2) is 0 Å². The van der Waals surface area contributed by atoms with Gasteiger partial charge in [-0.3, -0.25) is 4.79 Å². The molecule has 0 saturated heterocycles. The third kappa shape index (κ3) is 3.84. The molecule has 0 N–H and O–H groups in total. The van der Waals surface area contributed by atoms with Gasteiger partial charge in [0.05, 0.1) is 16.7 Å². The van der Waals surface area contributed by atoms with Crippen LogP contribution in [0.1, 0.15) is 30.6 Å². The summed E-state index contributed by atoms with van der Waals surface area (Å²) in [7, 11) is 0. The van der Waals surface area contributed by atoms with Gasteiger partial charge in [0, 0.05) is 6.07 Å². The van der Waals surface area contributed by atoms with Gasteiger partial charge in [0.15, 0.2) is 6.29 Å². The van der Waals surface area contributed by atoms with Crippen molar-refractivity contribution < 1.29 is 23.0 Å². The van der Waals surface area contributed by atoms with Crippen molar-refractivity contribution in [2.24, 2.45) is 0 Å². The van der Waals surface area contributed by atoms with E-state index in [4.69, 9.17) is 16.3 Å². The van der Waals surface area contributed by atoms with E-state index in [-0.39, 0.29) is 28.2 Å². The molecule has 100 valence electrons. The number of hydrogen-bond donors (Lipinski definition) is 0. The zero-order valence-electron chi connectivity index (χ0n) is 9.95. The largest absolute Gasteiger partial charge is 0.489 e. The number of carbonyl (C=O) groups is 1. The van der Waals surface area contributed by atoms with E-state index in [0.29, 0.717) is 6.29 Å². The van der Waals surface area contributed by atoms with Gasteiger partial charge in [-0.1, -0.05) is 18.5 Å². The Hall–Kier alpha value is -1.36. The molecule has 0 aliphatic rings. The first-order valence-corrected chi connectivity index (χ1v) is 5.75. The summed E-state index contributed by atoms with van der Waals surface area (Å²) >= 11 is 5.89. The summed E-state index contributed by atoms with van der Waals surface area (Å²) < 4.78 is 34.1. The maximum Gasteiger partial charge on any atom is 0.387 e. The molecule has 1 aromatic carbocycles. The molecule has 0 amide bonds. The maximum atomic E-state index is 12.2. The van der Waals surface area contributed by atoms with Gasteiger partial charge in [-0.05, 0) is 19.4 Å². The number of ether oxygens (including phenoxy) is 2. The molecule has 0 spiro atoms. The Morgan fingerprint density at radius 2 is 2.00 bits per heavy atom. The number of aldehydes is 1. The van der Waals surface area contributed by atoms with E-state index >= 15 is 0 Å². The lowest BCUT2D eigenvalue weighted by atomic mass is 10.2. The van der Waals surface area contributed by atoms with Crippen LogP contribution < -0.4 is 9.47 Å². The molecular formula is C12H13ClF2O3. The average molecular weight is 279 g/mol. The second-order valence-corrected chi connectivity index (χ2v) is 4.06. The van der Waals surface area contributed by atoms with Gasteiger partial charge in [-0.2, -0.15) is 8.78 Å². The predicted molar refractivity (Wildman–Crippen MR) is 63.9 cm³/mol. The fraction of sp³-hybridized carbons (Fsp3) is 0.417. The molecule has 1 rings (SSSR count). The van der Waals surface area contributed by atoms with Crippen LogP contribution in [0, 0.1) is 0 Å². The third-order valence-electron chi connectivity index (χ3n) is 2.31. The normalized spacial score (nSPS) is 12.3. The Kier molecular flexibility index (Phi) is 5.34. The molecule has 0 aliphatic heterocycles. The number of alkyl halides is 2. The van der Waals surface area contributed by atoms with E-state index in [9.17, 15) is 13.6 Å². The molecule has 0 saturated carbocycles. The van der Waals surface area contributed by atoms with Crippen LogP contribution in [-0.4, -0.2) is 19.0 Å². The molecule has 18 heavy (non-hydrogen) atoms. The van der Waals surface area contributed by atoms with Crippen LogP contribution >= 0.6 is 11.6 Å². The molecule has 1 aromatic rings. The summed E-state index contributed by atoms with van der Waals surface area (Å²) in [5, 5.41) is 0.180. The molecule has 0 fully saturated rings. The highest BCUT2D eigenvalue weighted by Crippen LogP contribution is 2.33. The van der Waals surface area contributed by atoms with Gasteiger partial charge in [0.25, 0.3) is 0 Å². The fourth-order valence-corrected chi connectivity index (χ4v) is 1.45. The highest BCUT2D eigenvalue weighted by molar-refractivity contribution is 6.32. The van der Waals surface area contributed by atoms with Gasteiger partial charge in [0.2, 0.25) is 0 Å². The van der Waals surface area contributed by atoms with Crippen molar-refractivity contribution in [1.29, 1.82) is 0 Å². The van der Waals surface area contributed by atoms with Crippen molar-refractivity contribution in [3.05, 3.63) is 22.7 Å². The lowest BCUT2D eigenvalue weighted by Crippen LogP contribution is -2.11. The summed E-state index contributed by atoms with van der Waals surface area (Å²) in [4.78, 5) is 10.7. The lowest BCUT2D eigenvalue weighted by Gasteiger charge is -2.16. The van der Waals surface area contributed by atoms with Crippen LogP contribution in [0.25, 0.3) is 0 Å². The van der Waals surface area contributed by atoms with Crippen molar-refractivity contribution in [2.75, 3.05) is 0 Å². The van der Waals surface area contributed by atoms with Crippen LogP contribution in [0.15, 0.2) is 12.1 Å². The molecule has 3 nitrogen and oxygen atoms in total. The van der Waals surface area contributed by atoms with E-state index < -0.39 is 6.61 Å². The zero-order valence-corrected chi connectivity index (χ0v) is 10.7. The van der Waals surface area contributed by atoms with Crippen molar-refractivity contribution in [2.45, 2.75) is 33.0 Å². The van der Waals surface area contributed by atoms with Crippen LogP contribution in [-0.2, 0) is 0 Å². The highest BCUT2D eigenvalue weighted by Gasteiger charge is 2.15. The van der Waals surface area contributed by atoms with Gasteiger partial charge in [-0.15, -0.1) is 0 Å². The first-order chi connectivity index (χ1) is 8.47. The predicted octanol–water partition coefficient (Wildman–Crippen LogP) is 3.93. The Morgan fingerprint density at radius 3 is 2.50 bits per heavy atom. The monoisotopic (exact) mass is 278 g/mol. The van der Waals surface area contributed by atoms with E-state index in [1.54, 1.807) is 0 Å². The minimum Gasteiger partial charge on any atom is -0.489 e. The Balaban J connectivity index is 3.08. The number of hydrogen-bond acceptors (Lipinski definition) is 3. The van der Waals surface area contributed by atoms with Crippen LogP contribution in [0.2, 0.25) is 5.02 Å². The first kappa shape index (κ1) is 14.7. The minimum atomic E-state index is -3.01. The van der Waals surface area contributed by atoms with E-state index in [2.05, 4.69) is 4.74 Å². The SMILES string of the molecule is CCC(C)Oc1cc(OC(F)F)c(C=O)cc1Cl. The summed E-state index contributed by atoms with van der Waals surface area (Å²) in [5.41, 5.74) is -0.0446. The molecule has 6 heteroatoms. The second kappa shape index (κ2) is 6.54. The molecule has 0 heterocycles. The lowest BCUT2D eigenvalue weighted by molar-refractivity contribution is -0.0501. The Labute approximate surface area is 109 Å². The molecular weight excluding hydrogens is 266 g/mol. The van der Waals surface area contributed by atoms with Gasteiger partial charge in [0.1, 0.15) is 11.5 Å². The molecule has 0 radical (unpaired) electrons. The third-order valence-corrected chi connectivity index (χ3v) is 2.61. The number of rotatable bonds is 6. The first-order valence-electron chi connectivity index (χ1n) is 5.38. The number of halogens is 3. The highest BCUT2D eigenvalue weighted by atomic mass is 35.5. The Morgan fingerprint density at radius 1 is 1.33 bits per heavy atom. The number of carbonyl (C=O) groups excluding carboxylic acids is 1. The standard InChI is InChI=1S/C12H13ClF2O3/c1-3-7(2)17-11-5-10(18-12(14)15)8(6-16)4-9(11)13/h4-7,12H,3H2,1-2H3. The quantitative estimate of drug-likeness (QED) is 0.740. The average Bonchev–Trinajstić information content (AvgIpc) is 2.32.